The average molecular weight is 449 g/mol. The highest BCUT2D eigenvalue weighted by molar-refractivity contribution is 6.11. The molecule has 0 fully saturated rings. The first-order valence-corrected chi connectivity index (χ1v) is 10.4. The molecule has 3 N–H and O–H groups in total. The SMILES string of the molecule is COCCNC(=O)c1c(N)n(-c2ccc(OC)cc2)c2nc3cc4c(cc3nc12)OCCO4. The summed E-state index contributed by atoms with van der Waals surface area (Å²) in [5.74, 6) is 1.78. The van der Waals surface area contributed by atoms with Gasteiger partial charge in [0.25, 0.3) is 5.91 Å². The summed E-state index contributed by atoms with van der Waals surface area (Å²) in [6, 6.07) is 10.9. The number of hydrogen-bond donors (Lipinski definition) is 2. The molecule has 33 heavy (non-hydrogen) atoms. The molecule has 3 heterocycles. The van der Waals surface area contributed by atoms with Crippen molar-refractivity contribution in [3.05, 3.63) is 42.0 Å². The first-order chi connectivity index (χ1) is 16.1. The number of carbonyl (C=O) groups is 1. The fourth-order valence-electron chi connectivity index (χ4n) is 3.83. The second kappa shape index (κ2) is 8.47. The van der Waals surface area contributed by atoms with Crippen molar-refractivity contribution in [2.45, 2.75) is 0 Å². The first kappa shape index (κ1) is 20.8. The molecule has 1 amide bonds. The number of carbonyl (C=O) groups excluding carboxylic acids is 1. The third-order valence-corrected chi connectivity index (χ3v) is 5.40. The van der Waals surface area contributed by atoms with Crippen LogP contribution >= 0.6 is 0 Å². The fraction of sp³-hybridized carbons (Fsp3) is 0.261. The summed E-state index contributed by atoms with van der Waals surface area (Å²) < 4.78 is 23.4. The highest BCUT2D eigenvalue weighted by Gasteiger charge is 2.25. The van der Waals surface area contributed by atoms with Crippen LogP contribution in [0.25, 0.3) is 27.9 Å². The minimum absolute atomic E-state index is 0.234. The molecule has 0 saturated carbocycles. The van der Waals surface area contributed by atoms with E-state index in [0.717, 1.165) is 5.69 Å². The number of methoxy groups -OCH3 is 2. The first-order valence-electron chi connectivity index (χ1n) is 10.4. The van der Waals surface area contributed by atoms with Gasteiger partial charge in [-0.3, -0.25) is 9.36 Å². The maximum atomic E-state index is 13.1. The Labute approximate surface area is 189 Å². The second-order valence-electron chi connectivity index (χ2n) is 7.42. The minimum Gasteiger partial charge on any atom is -0.497 e. The van der Waals surface area contributed by atoms with Gasteiger partial charge in [-0.1, -0.05) is 0 Å². The Balaban J connectivity index is 1.73. The molecule has 0 unspecified atom stereocenters. The molecule has 5 rings (SSSR count). The van der Waals surface area contributed by atoms with Crippen LogP contribution in [0, 0.1) is 0 Å². The summed E-state index contributed by atoms with van der Waals surface area (Å²) in [5.41, 5.74) is 9.52. The van der Waals surface area contributed by atoms with Gasteiger partial charge in [-0.05, 0) is 24.3 Å². The molecular formula is C23H23N5O5. The molecule has 1 aliphatic rings. The quantitative estimate of drug-likeness (QED) is 0.430. The van der Waals surface area contributed by atoms with Crippen LogP contribution in [-0.2, 0) is 4.74 Å². The smallest absolute Gasteiger partial charge is 0.257 e. The zero-order valence-electron chi connectivity index (χ0n) is 18.3. The average Bonchev–Trinajstić information content (AvgIpc) is 3.12. The van der Waals surface area contributed by atoms with E-state index in [0.29, 0.717) is 65.8 Å². The summed E-state index contributed by atoms with van der Waals surface area (Å²) in [6.07, 6.45) is 0. The van der Waals surface area contributed by atoms with Crippen molar-refractivity contribution < 1.29 is 23.7 Å². The molecule has 0 saturated heterocycles. The van der Waals surface area contributed by atoms with Crippen LogP contribution in [0.2, 0.25) is 0 Å². The Morgan fingerprint density at radius 2 is 1.76 bits per heavy atom. The number of nitrogens with two attached hydrogens (primary N) is 1. The monoisotopic (exact) mass is 449 g/mol. The summed E-state index contributed by atoms with van der Waals surface area (Å²) >= 11 is 0. The molecule has 0 aliphatic carbocycles. The highest BCUT2D eigenvalue weighted by atomic mass is 16.6. The number of nitrogens with zero attached hydrogens (tertiary/aromatic N) is 3. The van der Waals surface area contributed by atoms with E-state index < -0.39 is 0 Å². The largest absolute Gasteiger partial charge is 0.497 e. The standard InChI is InChI=1S/C23H23N5O5/c1-30-8-7-25-23(29)19-20-22(28(21(19)24)13-3-5-14(31-2)6-4-13)27-16-12-18-17(11-15(16)26-20)32-9-10-33-18/h3-6,11-12H,7-10,24H2,1-2H3,(H,25,29). The van der Waals surface area contributed by atoms with Crippen molar-refractivity contribution in [1.82, 2.24) is 19.9 Å². The Kier molecular flexibility index (Phi) is 5.35. The zero-order chi connectivity index (χ0) is 22.9. The van der Waals surface area contributed by atoms with Gasteiger partial charge in [0, 0.05) is 31.5 Å². The molecule has 2 aromatic carbocycles. The van der Waals surface area contributed by atoms with E-state index in [4.69, 9.17) is 34.6 Å². The van der Waals surface area contributed by atoms with Gasteiger partial charge in [-0.15, -0.1) is 0 Å². The number of hydrogen-bond acceptors (Lipinski definition) is 8. The predicted molar refractivity (Wildman–Crippen MR) is 123 cm³/mol. The minimum atomic E-state index is -0.354. The van der Waals surface area contributed by atoms with Gasteiger partial charge in [-0.25, -0.2) is 9.97 Å². The van der Waals surface area contributed by atoms with Crippen molar-refractivity contribution >= 4 is 33.9 Å². The van der Waals surface area contributed by atoms with Gasteiger partial charge >= 0.3 is 0 Å². The topological polar surface area (TPSA) is 123 Å². The molecule has 0 radical (unpaired) electrons. The van der Waals surface area contributed by atoms with Crippen LogP contribution < -0.4 is 25.3 Å². The van der Waals surface area contributed by atoms with Crippen molar-refractivity contribution in [2.75, 3.05) is 46.3 Å². The van der Waals surface area contributed by atoms with Crippen molar-refractivity contribution in [2.24, 2.45) is 0 Å². The Morgan fingerprint density at radius 1 is 1.09 bits per heavy atom. The Morgan fingerprint density at radius 3 is 2.39 bits per heavy atom. The lowest BCUT2D eigenvalue weighted by Crippen LogP contribution is -2.27. The Hall–Kier alpha value is -4.05. The number of aromatic nitrogens is 3. The Bertz CT molecular complexity index is 1350. The summed E-state index contributed by atoms with van der Waals surface area (Å²) in [6.45, 7) is 1.64. The van der Waals surface area contributed by atoms with Crippen LogP contribution in [0.5, 0.6) is 17.2 Å². The number of fused-ring (bicyclic) bond motifs is 3. The van der Waals surface area contributed by atoms with E-state index in [1.165, 1.54) is 0 Å². The van der Waals surface area contributed by atoms with Gasteiger partial charge in [0.15, 0.2) is 17.1 Å². The van der Waals surface area contributed by atoms with E-state index in [2.05, 4.69) is 5.32 Å². The third-order valence-electron chi connectivity index (χ3n) is 5.40. The van der Waals surface area contributed by atoms with Crippen LogP contribution in [0.15, 0.2) is 36.4 Å². The van der Waals surface area contributed by atoms with E-state index in [9.17, 15) is 4.79 Å². The molecule has 10 heteroatoms. The van der Waals surface area contributed by atoms with Gasteiger partial charge < -0.3 is 30.0 Å². The molecule has 0 atom stereocenters. The van der Waals surface area contributed by atoms with Gasteiger partial charge in [0.2, 0.25) is 0 Å². The fourth-order valence-corrected chi connectivity index (χ4v) is 3.83. The summed E-state index contributed by atoms with van der Waals surface area (Å²) in [7, 11) is 3.17. The molecular weight excluding hydrogens is 426 g/mol. The number of ether oxygens (including phenoxy) is 4. The lowest BCUT2D eigenvalue weighted by Gasteiger charge is -2.18. The molecule has 0 spiro atoms. The van der Waals surface area contributed by atoms with Gasteiger partial charge in [0.05, 0.1) is 24.8 Å². The predicted octanol–water partition coefficient (Wildman–Crippen LogP) is 2.31. The van der Waals surface area contributed by atoms with Crippen LogP contribution in [0.1, 0.15) is 10.4 Å². The zero-order valence-corrected chi connectivity index (χ0v) is 18.3. The van der Waals surface area contributed by atoms with Gasteiger partial charge in [-0.2, -0.15) is 0 Å². The van der Waals surface area contributed by atoms with E-state index in [1.54, 1.807) is 30.9 Å². The maximum absolute atomic E-state index is 13.1. The number of amides is 1. The lowest BCUT2D eigenvalue weighted by molar-refractivity contribution is 0.0939. The molecule has 2 aromatic heterocycles. The van der Waals surface area contributed by atoms with Crippen LogP contribution in [-0.4, -0.2) is 61.0 Å². The van der Waals surface area contributed by atoms with Crippen LogP contribution in [0.3, 0.4) is 0 Å². The second-order valence-corrected chi connectivity index (χ2v) is 7.42. The lowest BCUT2D eigenvalue weighted by atomic mass is 10.2. The number of rotatable bonds is 6. The number of nitrogen functional groups attached to an aromatic ring is 1. The highest BCUT2D eigenvalue weighted by Crippen LogP contribution is 2.36. The van der Waals surface area contributed by atoms with Gasteiger partial charge in [0.1, 0.15) is 35.9 Å². The van der Waals surface area contributed by atoms with E-state index in [1.807, 2.05) is 24.3 Å². The van der Waals surface area contributed by atoms with E-state index in [-0.39, 0.29) is 17.3 Å². The molecule has 10 nitrogen and oxygen atoms in total. The molecule has 1 aliphatic heterocycles. The number of nitrogens with one attached hydrogen (secondary N) is 1. The normalized spacial score (nSPS) is 12.8. The maximum Gasteiger partial charge on any atom is 0.257 e. The van der Waals surface area contributed by atoms with Crippen LogP contribution in [0.4, 0.5) is 5.82 Å². The molecule has 0 bridgehead atoms. The summed E-state index contributed by atoms with van der Waals surface area (Å²) in [4.78, 5) is 22.6. The van der Waals surface area contributed by atoms with E-state index >= 15 is 0 Å². The summed E-state index contributed by atoms with van der Waals surface area (Å²) in [5, 5.41) is 2.82. The number of anilines is 1. The van der Waals surface area contributed by atoms with Crippen molar-refractivity contribution in [3.8, 4) is 22.9 Å². The molecule has 4 aromatic rings. The molecule has 170 valence electrons. The number of benzene rings is 2. The third kappa shape index (κ3) is 3.64. The van der Waals surface area contributed by atoms with Crippen molar-refractivity contribution in [3.63, 3.8) is 0 Å². The van der Waals surface area contributed by atoms with Crippen molar-refractivity contribution in [1.29, 1.82) is 0 Å².